The monoisotopic (exact) mass is 505 g/mol. The number of benzene rings is 3. The number of ether oxygens (including phenoxy) is 1. The van der Waals surface area contributed by atoms with Crippen molar-refractivity contribution in [1.29, 1.82) is 0 Å². The highest BCUT2D eigenvalue weighted by atomic mass is 16.5. The van der Waals surface area contributed by atoms with Crippen LogP contribution >= 0.6 is 0 Å². The molecule has 2 heterocycles. The van der Waals surface area contributed by atoms with Gasteiger partial charge in [-0.05, 0) is 36.0 Å². The largest absolute Gasteiger partial charge is 0.368 e. The van der Waals surface area contributed by atoms with Crippen LogP contribution in [-0.2, 0) is 16.1 Å². The molecule has 6 rings (SSSR count). The molecule has 0 spiro atoms. The molecule has 0 radical (unpaired) electrons. The van der Waals surface area contributed by atoms with E-state index in [2.05, 4.69) is 56.7 Å². The summed E-state index contributed by atoms with van der Waals surface area (Å²) in [5.41, 5.74) is 1.80. The van der Waals surface area contributed by atoms with E-state index in [4.69, 9.17) is 4.74 Å². The van der Waals surface area contributed by atoms with Gasteiger partial charge in [-0.25, -0.2) is 15.0 Å². The third kappa shape index (κ3) is 4.34. The smallest absolute Gasteiger partial charge is 0.167 e. The van der Waals surface area contributed by atoms with Crippen molar-refractivity contribution < 1.29 is 9.84 Å². The zero-order chi connectivity index (χ0) is 26.0. The summed E-state index contributed by atoms with van der Waals surface area (Å²) in [4.78, 5) is 13.5. The molecule has 1 aliphatic rings. The normalized spacial score (nSPS) is 15.3. The van der Waals surface area contributed by atoms with Gasteiger partial charge in [-0.2, -0.15) is 0 Å². The Morgan fingerprint density at radius 1 is 0.842 bits per heavy atom. The average molecular weight is 506 g/mol. The van der Waals surface area contributed by atoms with Crippen molar-refractivity contribution in [2.24, 2.45) is 0 Å². The second kappa shape index (κ2) is 10.0. The van der Waals surface area contributed by atoms with Gasteiger partial charge in [0.15, 0.2) is 22.7 Å². The molecule has 2 aromatic heterocycles. The number of aliphatic hydroxyl groups is 1. The minimum atomic E-state index is -1.40. The molecule has 2 N–H and O–H groups in total. The van der Waals surface area contributed by atoms with Gasteiger partial charge in [0.2, 0.25) is 0 Å². The minimum absolute atomic E-state index is 0.00301. The average Bonchev–Trinajstić information content (AvgIpc) is 3.69. The molecule has 1 atom stereocenters. The maximum Gasteiger partial charge on any atom is 0.167 e. The van der Waals surface area contributed by atoms with Gasteiger partial charge in [0, 0.05) is 6.04 Å². The number of anilines is 1. The Bertz CT molecular complexity index is 1410. The standard InChI is InChI=1S/C31H31N5O2/c1-2-30(37,36-22-34-27-28(35-26-18-19-26)32-21-33-29(27)36)20-38-31(23-12-6-3-7-13-23,24-14-8-4-9-15-24)25-16-10-5-11-17-25/h3-17,21-22,26,37H,2,18-20H2,1H3,(H,32,33,35). The van der Waals surface area contributed by atoms with E-state index in [1.54, 1.807) is 10.9 Å². The second-order valence-corrected chi connectivity index (χ2v) is 9.83. The molecule has 0 aliphatic heterocycles. The SMILES string of the molecule is CCC(O)(COC(c1ccccc1)(c1ccccc1)c1ccccc1)n1cnc2c(NC3CC3)ncnc21. The number of imidazole rings is 1. The van der Waals surface area contributed by atoms with Crippen LogP contribution in [0.15, 0.2) is 104 Å². The molecule has 1 aliphatic carbocycles. The molecule has 7 heteroatoms. The molecular weight excluding hydrogens is 474 g/mol. The Balaban J connectivity index is 1.44. The molecule has 0 amide bonds. The molecule has 3 aromatic carbocycles. The summed E-state index contributed by atoms with van der Waals surface area (Å²) in [6, 6.07) is 30.9. The van der Waals surface area contributed by atoms with Gasteiger partial charge in [-0.1, -0.05) is 97.9 Å². The van der Waals surface area contributed by atoms with Crippen LogP contribution in [0.2, 0.25) is 0 Å². The summed E-state index contributed by atoms with van der Waals surface area (Å²) in [6.07, 6.45) is 5.80. The van der Waals surface area contributed by atoms with Crippen molar-refractivity contribution in [3.8, 4) is 0 Å². The van der Waals surface area contributed by atoms with Crippen LogP contribution in [0.3, 0.4) is 0 Å². The maximum absolute atomic E-state index is 12.1. The maximum atomic E-state index is 12.1. The zero-order valence-corrected chi connectivity index (χ0v) is 21.4. The van der Waals surface area contributed by atoms with E-state index in [1.165, 1.54) is 6.33 Å². The first-order valence-electron chi connectivity index (χ1n) is 13.1. The van der Waals surface area contributed by atoms with E-state index in [9.17, 15) is 5.11 Å². The predicted molar refractivity (Wildman–Crippen MR) is 148 cm³/mol. The van der Waals surface area contributed by atoms with E-state index in [0.29, 0.717) is 29.4 Å². The summed E-state index contributed by atoms with van der Waals surface area (Å²) in [5, 5.41) is 15.5. The van der Waals surface area contributed by atoms with Gasteiger partial charge in [0.1, 0.15) is 11.9 Å². The molecule has 5 aromatic rings. The third-order valence-corrected chi connectivity index (χ3v) is 7.33. The summed E-state index contributed by atoms with van der Waals surface area (Å²) in [5.74, 6) is 0.697. The van der Waals surface area contributed by atoms with Crippen LogP contribution in [-0.4, -0.2) is 37.3 Å². The second-order valence-electron chi connectivity index (χ2n) is 9.83. The van der Waals surface area contributed by atoms with Crippen molar-refractivity contribution in [3.63, 3.8) is 0 Å². The Labute approximate surface area is 222 Å². The molecule has 38 heavy (non-hydrogen) atoms. The van der Waals surface area contributed by atoms with Gasteiger partial charge in [-0.15, -0.1) is 0 Å². The Kier molecular flexibility index (Phi) is 6.39. The Hall–Kier alpha value is -4.07. The van der Waals surface area contributed by atoms with Crippen molar-refractivity contribution in [1.82, 2.24) is 19.5 Å². The van der Waals surface area contributed by atoms with Crippen molar-refractivity contribution in [2.75, 3.05) is 11.9 Å². The van der Waals surface area contributed by atoms with Crippen LogP contribution in [0.1, 0.15) is 42.9 Å². The summed E-state index contributed by atoms with van der Waals surface area (Å²) >= 11 is 0. The van der Waals surface area contributed by atoms with Crippen molar-refractivity contribution in [2.45, 2.75) is 43.6 Å². The summed E-state index contributed by atoms with van der Waals surface area (Å²) in [7, 11) is 0. The molecule has 1 fully saturated rings. The molecule has 7 nitrogen and oxygen atoms in total. The lowest BCUT2D eigenvalue weighted by molar-refractivity contribution is -0.136. The molecule has 0 bridgehead atoms. The predicted octanol–water partition coefficient (Wildman–Crippen LogP) is 5.46. The molecule has 0 saturated heterocycles. The van der Waals surface area contributed by atoms with E-state index in [-0.39, 0.29) is 6.61 Å². The highest BCUT2D eigenvalue weighted by Gasteiger charge is 2.41. The fourth-order valence-corrected chi connectivity index (χ4v) is 5.00. The van der Waals surface area contributed by atoms with E-state index < -0.39 is 11.3 Å². The van der Waals surface area contributed by atoms with Gasteiger partial charge in [0.05, 0.1) is 12.9 Å². The quantitative estimate of drug-likeness (QED) is 0.245. The fraction of sp³-hybridized carbons (Fsp3) is 0.258. The van der Waals surface area contributed by atoms with Gasteiger partial charge >= 0.3 is 0 Å². The first-order valence-corrected chi connectivity index (χ1v) is 13.1. The van der Waals surface area contributed by atoms with E-state index in [1.807, 2.05) is 61.5 Å². The molecular formula is C31H31N5O2. The van der Waals surface area contributed by atoms with Crippen molar-refractivity contribution >= 4 is 17.0 Å². The number of nitrogens with one attached hydrogen (secondary N) is 1. The lowest BCUT2D eigenvalue weighted by Crippen LogP contribution is -2.43. The highest BCUT2D eigenvalue weighted by molar-refractivity contribution is 5.83. The van der Waals surface area contributed by atoms with Crippen LogP contribution in [0.25, 0.3) is 11.2 Å². The van der Waals surface area contributed by atoms with E-state index >= 15 is 0 Å². The fourth-order valence-electron chi connectivity index (χ4n) is 5.00. The topological polar surface area (TPSA) is 85.1 Å². The molecule has 192 valence electrons. The van der Waals surface area contributed by atoms with E-state index in [0.717, 1.165) is 29.5 Å². The number of fused-ring (bicyclic) bond motifs is 1. The minimum Gasteiger partial charge on any atom is -0.368 e. The Morgan fingerprint density at radius 2 is 1.39 bits per heavy atom. The van der Waals surface area contributed by atoms with Gasteiger partial charge in [-0.3, -0.25) is 4.57 Å². The van der Waals surface area contributed by atoms with Crippen LogP contribution in [0, 0.1) is 0 Å². The zero-order valence-electron chi connectivity index (χ0n) is 21.4. The number of nitrogens with zero attached hydrogens (tertiary/aromatic N) is 4. The van der Waals surface area contributed by atoms with Crippen LogP contribution in [0.4, 0.5) is 5.82 Å². The molecule has 1 unspecified atom stereocenters. The molecule has 1 saturated carbocycles. The lowest BCUT2D eigenvalue weighted by Gasteiger charge is -2.39. The van der Waals surface area contributed by atoms with Crippen LogP contribution < -0.4 is 5.32 Å². The van der Waals surface area contributed by atoms with Gasteiger partial charge in [0.25, 0.3) is 0 Å². The first kappa shape index (κ1) is 24.3. The third-order valence-electron chi connectivity index (χ3n) is 7.33. The highest BCUT2D eigenvalue weighted by Crippen LogP contribution is 2.42. The summed E-state index contributed by atoms with van der Waals surface area (Å²) in [6.45, 7) is 1.94. The van der Waals surface area contributed by atoms with Crippen molar-refractivity contribution in [3.05, 3.63) is 120 Å². The Morgan fingerprint density at radius 3 is 1.89 bits per heavy atom. The van der Waals surface area contributed by atoms with Gasteiger partial charge < -0.3 is 15.2 Å². The first-order chi connectivity index (χ1) is 18.6. The number of hydrogen-bond acceptors (Lipinski definition) is 6. The number of aromatic nitrogens is 4. The van der Waals surface area contributed by atoms with Crippen LogP contribution in [0.5, 0.6) is 0 Å². The number of hydrogen-bond donors (Lipinski definition) is 2. The lowest BCUT2D eigenvalue weighted by atomic mass is 9.80. The number of rotatable bonds is 10. The summed E-state index contributed by atoms with van der Waals surface area (Å²) < 4.78 is 8.68.